The summed E-state index contributed by atoms with van der Waals surface area (Å²) in [6.07, 6.45) is 0.428. The second-order valence-electron chi connectivity index (χ2n) is 3.78. The van der Waals surface area contributed by atoms with Crippen molar-refractivity contribution in [2.75, 3.05) is 19.6 Å². The zero-order valence-electron chi connectivity index (χ0n) is 9.23. The van der Waals surface area contributed by atoms with E-state index in [1.807, 2.05) is 0 Å². The third-order valence-corrected chi connectivity index (χ3v) is 2.41. The van der Waals surface area contributed by atoms with Crippen LogP contribution < -0.4 is 21.7 Å². The quantitative estimate of drug-likeness (QED) is 0.350. The van der Waals surface area contributed by atoms with Crippen LogP contribution in [0.2, 0.25) is 0 Å². The smallest absolute Gasteiger partial charge is 0.322 e. The van der Waals surface area contributed by atoms with Crippen molar-refractivity contribution in [3.63, 3.8) is 0 Å². The van der Waals surface area contributed by atoms with Crippen molar-refractivity contribution in [1.29, 1.82) is 0 Å². The maximum atomic E-state index is 11.5. The summed E-state index contributed by atoms with van der Waals surface area (Å²) in [5, 5.41) is 16.2. The third-order valence-electron chi connectivity index (χ3n) is 2.41. The van der Waals surface area contributed by atoms with Gasteiger partial charge in [0, 0.05) is 12.6 Å². The molecule has 1 aliphatic heterocycles. The van der Waals surface area contributed by atoms with Crippen molar-refractivity contribution >= 4 is 17.8 Å². The summed E-state index contributed by atoms with van der Waals surface area (Å²) in [6, 6.07) is -0.621. The standard InChI is InChI=1S/C9H16N4O4/c10-2-7(14)13-5-1-6(11-3-5)9(17)12-4-8(15)16/h5-6,11H,1-4,10H2,(H,12,17)(H,13,14)(H,15,16)/t5-,6+/m1/s1. The van der Waals surface area contributed by atoms with Crippen LogP contribution >= 0.6 is 0 Å². The summed E-state index contributed by atoms with van der Waals surface area (Å²) in [7, 11) is 0. The van der Waals surface area contributed by atoms with Crippen LogP contribution in [0, 0.1) is 0 Å². The van der Waals surface area contributed by atoms with Crippen molar-refractivity contribution in [3.05, 3.63) is 0 Å². The topological polar surface area (TPSA) is 134 Å². The Morgan fingerprint density at radius 1 is 1.41 bits per heavy atom. The molecule has 0 aliphatic carbocycles. The molecule has 6 N–H and O–H groups in total. The average molecular weight is 244 g/mol. The Hall–Kier alpha value is -1.67. The Kier molecular flexibility index (Phi) is 4.85. The van der Waals surface area contributed by atoms with Gasteiger partial charge in [0.25, 0.3) is 0 Å². The Balaban J connectivity index is 2.31. The lowest BCUT2D eigenvalue weighted by Gasteiger charge is -2.11. The van der Waals surface area contributed by atoms with Crippen LogP contribution in [0.5, 0.6) is 0 Å². The van der Waals surface area contributed by atoms with Crippen LogP contribution in [-0.2, 0) is 14.4 Å². The SMILES string of the molecule is NCC(=O)N[C@H]1CN[C@H](C(=O)NCC(=O)O)C1. The second-order valence-corrected chi connectivity index (χ2v) is 3.78. The van der Waals surface area contributed by atoms with E-state index >= 15 is 0 Å². The predicted molar refractivity (Wildman–Crippen MR) is 58.0 cm³/mol. The predicted octanol–water partition coefficient (Wildman–Crippen LogP) is -3.01. The van der Waals surface area contributed by atoms with Gasteiger partial charge < -0.3 is 26.8 Å². The third kappa shape index (κ3) is 4.37. The lowest BCUT2D eigenvalue weighted by atomic mass is 10.1. The van der Waals surface area contributed by atoms with Crippen molar-refractivity contribution in [2.45, 2.75) is 18.5 Å². The van der Waals surface area contributed by atoms with Crippen molar-refractivity contribution in [2.24, 2.45) is 5.73 Å². The molecule has 8 nitrogen and oxygen atoms in total. The maximum absolute atomic E-state index is 11.5. The van der Waals surface area contributed by atoms with Gasteiger partial charge in [0.1, 0.15) is 6.54 Å². The fourth-order valence-electron chi connectivity index (χ4n) is 1.62. The van der Waals surface area contributed by atoms with Crippen LogP contribution in [0.25, 0.3) is 0 Å². The lowest BCUT2D eigenvalue weighted by Crippen LogP contribution is -2.42. The molecular weight excluding hydrogens is 228 g/mol. The number of nitrogens with one attached hydrogen (secondary N) is 3. The van der Waals surface area contributed by atoms with E-state index in [0.717, 1.165) is 0 Å². The molecule has 1 rings (SSSR count). The number of carboxylic acid groups (broad SMARTS) is 1. The number of hydrogen-bond acceptors (Lipinski definition) is 5. The molecule has 0 radical (unpaired) electrons. The molecule has 2 amide bonds. The minimum absolute atomic E-state index is 0.0909. The van der Waals surface area contributed by atoms with Gasteiger partial charge in [0.2, 0.25) is 11.8 Å². The number of carbonyl (C=O) groups excluding carboxylic acids is 2. The Bertz CT molecular complexity index is 320. The van der Waals surface area contributed by atoms with E-state index in [1.165, 1.54) is 0 Å². The summed E-state index contributed by atoms with van der Waals surface area (Å²) in [5.41, 5.74) is 5.15. The first kappa shape index (κ1) is 13.4. The normalized spacial score (nSPS) is 23.1. The van der Waals surface area contributed by atoms with Crippen molar-refractivity contribution < 1.29 is 19.5 Å². The molecule has 96 valence electrons. The van der Waals surface area contributed by atoms with Crippen LogP contribution in [-0.4, -0.2) is 54.6 Å². The van der Waals surface area contributed by atoms with E-state index in [9.17, 15) is 14.4 Å². The fourth-order valence-corrected chi connectivity index (χ4v) is 1.62. The van der Waals surface area contributed by atoms with Crippen molar-refractivity contribution in [3.8, 4) is 0 Å². The summed E-state index contributed by atoms with van der Waals surface area (Å²) < 4.78 is 0. The Morgan fingerprint density at radius 3 is 2.71 bits per heavy atom. The first-order valence-electron chi connectivity index (χ1n) is 5.25. The Morgan fingerprint density at radius 2 is 2.12 bits per heavy atom. The molecule has 0 saturated carbocycles. The molecule has 1 heterocycles. The van der Waals surface area contributed by atoms with Gasteiger partial charge in [-0.3, -0.25) is 14.4 Å². The summed E-state index contributed by atoms with van der Waals surface area (Å²) in [4.78, 5) is 32.8. The molecule has 1 fully saturated rings. The molecule has 17 heavy (non-hydrogen) atoms. The molecule has 0 bridgehead atoms. The molecule has 0 aromatic heterocycles. The van der Waals surface area contributed by atoms with Gasteiger partial charge in [-0.1, -0.05) is 0 Å². The Labute approximate surface area is 97.9 Å². The highest BCUT2D eigenvalue weighted by Gasteiger charge is 2.29. The van der Waals surface area contributed by atoms with E-state index in [4.69, 9.17) is 10.8 Å². The highest BCUT2D eigenvalue weighted by molar-refractivity contribution is 5.85. The number of nitrogens with two attached hydrogens (primary N) is 1. The number of carbonyl (C=O) groups is 3. The molecule has 0 spiro atoms. The average Bonchev–Trinajstić information content (AvgIpc) is 2.74. The zero-order chi connectivity index (χ0) is 12.8. The van der Waals surface area contributed by atoms with Crippen LogP contribution in [0.4, 0.5) is 0 Å². The maximum Gasteiger partial charge on any atom is 0.322 e. The first-order chi connectivity index (χ1) is 8.02. The molecule has 0 aromatic rings. The van der Waals surface area contributed by atoms with Gasteiger partial charge in [-0.05, 0) is 6.42 Å². The zero-order valence-corrected chi connectivity index (χ0v) is 9.23. The summed E-state index contributed by atoms with van der Waals surface area (Å²) in [5.74, 6) is -1.75. The van der Waals surface area contributed by atoms with Crippen LogP contribution in [0.15, 0.2) is 0 Å². The highest BCUT2D eigenvalue weighted by Crippen LogP contribution is 2.06. The minimum Gasteiger partial charge on any atom is -0.480 e. The van der Waals surface area contributed by atoms with Gasteiger partial charge >= 0.3 is 5.97 Å². The molecule has 2 atom stereocenters. The monoisotopic (exact) mass is 244 g/mol. The van der Waals surface area contributed by atoms with E-state index in [2.05, 4.69) is 16.0 Å². The fraction of sp³-hybridized carbons (Fsp3) is 0.667. The molecule has 1 saturated heterocycles. The van der Waals surface area contributed by atoms with Crippen LogP contribution in [0.1, 0.15) is 6.42 Å². The number of rotatable bonds is 5. The lowest BCUT2D eigenvalue weighted by molar-refractivity contribution is -0.138. The summed E-state index contributed by atoms with van der Waals surface area (Å²) in [6.45, 7) is -0.0277. The van der Waals surface area contributed by atoms with Gasteiger partial charge in [-0.2, -0.15) is 0 Å². The highest BCUT2D eigenvalue weighted by atomic mass is 16.4. The number of aliphatic carboxylic acids is 1. The molecule has 8 heteroatoms. The van der Waals surface area contributed by atoms with Gasteiger partial charge in [-0.25, -0.2) is 0 Å². The second kappa shape index (κ2) is 6.16. The molecule has 0 unspecified atom stereocenters. The van der Waals surface area contributed by atoms with Crippen molar-refractivity contribution in [1.82, 2.24) is 16.0 Å². The van der Waals surface area contributed by atoms with Gasteiger partial charge in [0.05, 0.1) is 12.6 Å². The molecular formula is C9H16N4O4. The number of hydrogen-bond donors (Lipinski definition) is 5. The molecule has 0 aromatic carbocycles. The van der Waals surface area contributed by atoms with Gasteiger partial charge in [-0.15, -0.1) is 0 Å². The minimum atomic E-state index is -1.09. The number of amides is 2. The first-order valence-corrected chi connectivity index (χ1v) is 5.25. The van der Waals surface area contributed by atoms with E-state index in [0.29, 0.717) is 13.0 Å². The largest absolute Gasteiger partial charge is 0.480 e. The summed E-state index contributed by atoms with van der Waals surface area (Å²) >= 11 is 0. The van der Waals surface area contributed by atoms with Crippen LogP contribution in [0.3, 0.4) is 0 Å². The van der Waals surface area contributed by atoms with E-state index < -0.39 is 18.6 Å². The van der Waals surface area contributed by atoms with Gasteiger partial charge in [0.15, 0.2) is 0 Å². The van der Waals surface area contributed by atoms with E-state index in [-0.39, 0.29) is 24.4 Å². The molecule has 1 aliphatic rings. The number of carboxylic acids is 1. The van der Waals surface area contributed by atoms with E-state index in [1.54, 1.807) is 0 Å².